The van der Waals surface area contributed by atoms with E-state index in [0.717, 1.165) is 6.54 Å². The van der Waals surface area contributed by atoms with E-state index in [2.05, 4.69) is 17.9 Å². The fourth-order valence-electron chi connectivity index (χ4n) is 2.02. The number of ketones is 1. The van der Waals surface area contributed by atoms with Gasteiger partial charge >= 0.3 is 0 Å². The maximum atomic E-state index is 11.8. The Labute approximate surface area is 85.7 Å². The molecule has 1 saturated heterocycles. The Morgan fingerprint density at radius 3 is 2.93 bits per heavy atom. The Kier molecular flexibility index (Phi) is 3.28. The van der Waals surface area contributed by atoms with E-state index in [-0.39, 0.29) is 5.41 Å². The zero-order valence-electron chi connectivity index (χ0n) is 9.21. The van der Waals surface area contributed by atoms with Crippen LogP contribution < -0.4 is 0 Å². The van der Waals surface area contributed by atoms with Gasteiger partial charge in [-0.25, -0.2) is 0 Å². The number of likely N-dealkylation sites (tertiary alicyclic amines) is 1. The van der Waals surface area contributed by atoms with E-state index in [4.69, 9.17) is 5.26 Å². The molecule has 0 spiro atoms. The summed E-state index contributed by atoms with van der Waals surface area (Å²) in [6.45, 7) is 4.84. The Hall–Kier alpha value is -0.880. The highest BCUT2D eigenvalue weighted by molar-refractivity contribution is 5.86. The highest BCUT2D eigenvalue weighted by atomic mass is 16.1. The van der Waals surface area contributed by atoms with Gasteiger partial charge in [0, 0.05) is 30.8 Å². The summed E-state index contributed by atoms with van der Waals surface area (Å²) >= 11 is 0. The van der Waals surface area contributed by atoms with Gasteiger partial charge in [0.2, 0.25) is 0 Å². The number of carbonyl (C=O) groups is 1. The number of nitriles is 1. The lowest BCUT2D eigenvalue weighted by atomic mass is 9.75. The van der Waals surface area contributed by atoms with Crippen LogP contribution in [0.2, 0.25) is 0 Å². The summed E-state index contributed by atoms with van der Waals surface area (Å²) in [5, 5.41) is 8.54. The first-order valence-electron chi connectivity index (χ1n) is 5.10. The molecule has 0 amide bonds. The van der Waals surface area contributed by atoms with Crippen LogP contribution in [0.4, 0.5) is 0 Å². The van der Waals surface area contributed by atoms with Crippen molar-refractivity contribution in [1.29, 1.82) is 5.26 Å². The third-order valence-electron chi connectivity index (χ3n) is 3.29. The SMILES string of the molecule is C[C@H]1CC(=O)[C@@](C)(CCC#N)CN1C. The molecule has 78 valence electrons. The van der Waals surface area contributed by atoms with Crippen molar-refractivity contribution >= 4 is 5.78 Å². The molecule has 1 fully saturated rings. The smallest absolute Gasteiger partial charge is 0.141 e. The van der Waals surface area contributed by atoms with Crippen molar-refractivity contribution in [2.45, 2.75) is 39.2 Å². The normalized spacial score (nSPS) is 34.1. The summed E-state index contributed by atoms with van der Waals surface area (Å²) in [5.74, 6) is 0.318. The van der Waals surface area contributed by atoms with Crippen LogP contribution in [0.5, 0.6) is 0 Å². The fourth-order valence-corrected chi connectivity index (χ4v) is 2.02. The molecule has 0 aromatic rings. The van der Waals surface area contributed by atoms with Crippen LogP contribution in [0.3, 0.4) is 0 Å². The van der Waals surface area contributed by atoms with Crippen LogP contribution >= 0.6 is 0 Å². The molecule has 1 aliphatic rings. The predicted octanol–water partition coefficient (Wildman–Crippen LogP) is 1.59. The molecule has 1 heterocycles. The molecule has 14 heavy (non-hydrogen) atoms. The van der Waals surface area contributed by atoms with Gasteiger partial charge in [-0.1, -0.05) is 6.92 Å². The van der Waals surface area contributed by atoms with Crippen LogP contribution in [0.15, 0.2) is 0 Å². The maximum Gasteiger partial charge on any atom is 0.141 e. The van der Waals surface area contributed by atoms with Gasteiger partial charge in [-0.3, -0.25) is 4.79 Å². The summed E-state index contributed by atoms with van der Waals surface area (Å²) in [4.78, 5) is 14.0. The topological polar surface area (TPSA) is 44.1 Å². The van der Waals surface area contributed by atoms with E-state index < -0.39 is 0 Å². The number of piperidine rings is 1. The summed E-state index contributed by atoms with van der Waals surface area (Å²) < 4.78 is 0. The van der Waals surface area contributed by atoms with Crippen LogP contribution in [0.25, 0.3) is 0 Å². The fraction of sp³-hybridized carbons (Fsp3) is 0.818. The number of carbonyl (C=O) groups excluding carboxylic acids is 1. The van der Waals surface area contributed by atoms with Gasteiger partial charge in [0.15, 0.2) is 0 Å². The second-order valence-electron chi connectivity index (χ2n) is 4.61. The number of hydrogen-bond donors (Lipinski definition) is 0. The van der Waals surface area contributed by atoms with E-state index in [1.165, 1.54) is 0 Å². The van der Waals surface area contributed by atoms with Crippen LogP contribution in [0.1, 0.15) is 33.1 Å². The molecule has 0 unspecified atom stereocenters. The van der Waals surface area contributed by atoms with Crippen molar-refractivity contribution in [3.05, 3.63) is 0 Å². The number of hydrogen-bond acceptors (Lipinski definition) is 3. The predicted molar refractivity (Wildman–Crippen MR) is 54.7 cm³/mol. The molecular weight excluding hydrogens is 176 g/mol. The summed E-state index contributed by atoms with van der Waals surface area (Å²) in [5.41, 5.74) is -0.295. The molecule has 1 aliphatic heterocycles. The van der Waals surface area contributed by atoms with Gasteiger partial charge in [-0.15, -0.1) is 0 Å². The molecule has 0 N–H and O–H groups in total. The van der Waals surface area contributed by atoms with Crippen LogP contribution in [0, 0.1) is 16.7 Å². The number of rotatable bonds is 2. The molecule has 2 atom stereocenters. The molecule has 3 nitrogen and oxygen atoms in total. The van der Waals surface area contributed by atoms with E-state index in [1.807, 2.05) is 14.0 Å². The second kappa shape index (κ2) is 4.10. The molecule has 3 heteroatoms. The molecule has 1 rings (SSSR count). The maximum absolute atomic E-state index is 11.8. The number of Topliss-reactive ketones (excluding diaryl/α,β-unsaturated/α-hetero) is 1. The Morgan fingerprint density at radius 2 is 2.36 bits per heavy atom. The van der Waals surface area contributed by atoms with Gasteiger partial charge in [0.1, 0.15) is 5.78 Å². The first-order valence-corrected chi connectivity index (χ1v) is 5.10. The molecule has 0 radical (unpaired) electrons. The zero-order valence-corrected chi connectivity index (χ0v) is 9.21. The van der Waals surface area contributed by atoms with E-state index in [1.54, 1.807) is 0 Å². The Morgan fingerprint density at radius 1 is 1.71 bits per heavy atom. The van der Waals surface area contributed by atoms with Crippen molar-refractivity contribution < 1.29 is 4.79 Å². The van der Waals surface area contributed by atoms with Crippen LogP contribution in [-0.4, -0.2) is 30.3 Å². The van der Waals surface area contributed by atoms with Crippen LogP contribution in [-0.2, 0) is 4.79 Å². The lowest BCUT2D eigenvalue weighted by Crippen LogP contribution is -2.50. The van der Waals surface area contributed by atoms with Gasteiger partial charge in [0.05, 0.1) is 6.07 Å². The quantitative estimate of drug-likeness (QED) is 0.670. The molecule has 0 aromatic carbocycles. The molecule has 0 saturated carbocycles. The minimum absolute atomic E-state index is 0.295. The molecular formula is C11H18N2O. The van der Waals surface area contributed by atoms with Crippen molar-refractivity contribution in [2.24, 2.45) is 5.41 Å². The van der Waals surface area contributed by atoms with Crippen molar-refractivity contribution in [1.82, 2.24) is 4.90 Å². The van der Waals surface area contributed by atoms with Crippen molar-refractivity contribution in [2.75, 3.05) is 13.6 Å². The van der Waals surface area contributed by atoms with Crippen molar-refractivity contribution in [3.8, 4) is 6.07 Å². The Balaban J connectivity index is 2.69. The zero-order chi connectivity index (χ0) is 10.8. The Bertz CT molecular complexity index is 269. The van der Waals surface area contributed by atoms with Gasteiger partial charge in [-0.2, -0.15) is 5.26 Å². The van der Waals surface area contributed by atoms with E-state index in [0.29, 0.717) is 31.1 Å². The monoisotopic (exact) mass is 194 g/mol. The lowest BCUT2D eigenvalue weighted by molar-refractivity contribution is -0.134. The average molecular weight is 194 g/mol. The van der Waals surface area contributed by atoms with Crippen molar-refractivity contribution in [3.63, 3.8) is 0 Å². The van der Waals surface area contributed by atoms with E-state index >= 15 is 0 Å². The highest BCUT2D eigenvalue weighted by Gasteiger charge is 2.39. The third-order valence-corrected chi connectivity index (χ3v) is 3.29. The largest absolute Gasteiger partial charge is 0.302 e. The summed E-state index contributed by atoms with van der Waals surface area (Å²) in [6.07, 6.45) is 1.79. The summed E-state index contributed by atoms with van der Waals surface area (Å²) in [6, 6.07) is 2.46. The minimum atomic E-state index is -0.295. The third kappa shape index (κ3) is 2.13. The van der Waals surface area contributed by atoms with Gasteiger partial charge < -0.3 is 4.90 Å². The standard InChI is InChI=1S/C11H18N2O/c1-9-7-10(14)11(2,5-4-6-12)8-13(9)3/h9H,4-5,7-8H2,1-3H3/t9-,11-/m0/s1. The lowest BCUT2D eigenvalue weighted by Gasteiger charge is -2.40. The minimum Gasteiger partial charge on any atom is -0.302 e. The summed E-state index contributed by atoms with van der Waals surface area (Å²) in [7, 11) is 2.04. The number of nitrogens with zero attached hydrogens (tertiary/aromatic N) is 2. The highest BCUT2D eigenvalue weighted by Crippen LogP contribution is 2.32. The molecule has 0 aromatic heterocycles. The second-order valence-corrected chi connectivity index (χ2v) is 4.61. The average Bonchev–Trinajstić information content (AvgIpc) is 2.12. The first-order chi connectivity index (χ1) is 6.49. The van der Waals surface area contributed by atoms with E-state index in [9.17, 15) is 4.79 Å². The molecule has 0 bridgehead atoms. The first kappa shape index (κ1) is 11.2. The van der Waals surface area contributed by atoms with Gasteiger partial charge in [-0.05, 0) is 20.4 Å². The van der Waals surface area contributed by atoms with Gasteiger partial charge in [0.25, 0.3) is 0 Å². The molecule has 0 aliphatic carbocycles.